The molecular formula is C50H57N8O15PS. The molecule has 2 amide bonds. The molecule has 0 radical (unpaired) electrons. The number of phenols is 1. The number of phenolic OH excluding ortho intramolecular Hbond substituents is 1. The number of hydrogen-bond acceptors (Lipinski definition) is 17. The number of anilines is 1. The second-order valence-corrected chi connectivity index (χ2v) is 21.9. The molecule has 4 aliphatic heterocycles. The molecule has 3 saturated heterocycles. The number of nitrogens with zero attached hydrogens (tertiary/aromatic N) is 4. The molecule has 0 spiro atoms. The molecule has 1 aliphatic carbocycles. The minimum absolute atomic E-state index is 0.0403. The number of aromatic hydroxyl groups is 1. The summed E-state index contributed by atoms with van der Waals surface area (Å²) in [6.07, 6.45) is 1.89. The van der Waals surface area contributed by atoms with E-state index in [1.165, 1.54) is 47.9 Å². The lowest BCUT2D eigenvalue weighted by Crippen LogP contribution is -2.47. The SMILES string of the molecule is CC(C)(C)OC(=O)N1CCC[C@H]1C(=O)NP(=O)(OCCCCCCNC(=S)Nc1ccc(-c2c3ccc(=O)cc-3oc3cc(O)ccc23)c(C(=O)O)c1)OC[C@H]1O[C@@H](n2cnc3c(=O)[nH]cnc32)[C@@H]2OC(C)(C)O[C@@H]21. The zero-order valence-corrected chi connectivity index (χ0v) is 43.4. The Morgan fingerprint density at radius 1 is 0.973 bits per heavy atom. The summed E-state index contributed by atoms with van der Waals surface area (Å²) in [6, 6.07) is 12.6. The van der Waals surface area contributed by atoms with Crippen LogP contribution in [0.3, 0.4) is 0 Å². The third-order valence-corrected chi connectivity index (χ3v) is 14.4. The van der Waals surface area contributed by atoms with Crippen molar-refractivity contribution in [1.82, 2.24) is 34.8 Å². The maximum atomic E-state index is 14.6. The highest BCUT2D eigenvalue weighted by Crippen LogP contribution is 2.49. The van der Waals surface area contributed by atoms with Crippen molar-refractivity contribution in [2.45, 2.75) is 115 Å². The van der Waals surface area contributed by atoms with Gasteiger partial charge in [0.25, 0.3) is 11.5 Å². The summed E-state index contributed by atoms with van der Waals surface area (Å²) in [5.41, 5.74) is 0.821. The van der Waals surface area contributed by atoms with Crippen molar-refractivity contribution in [1.29, 1.82) is 0 Å². The number of thiocarbonyl (C=S) groups is 1. The van der Waals surface area contributed by atoms with Crippen molar-refractivity contribution in [3.63, 3.8) is 0 Å². The van der Waals surface area contributed by atoms with Gasteiger partial charge >= 0.3 is 19.8 Å². The van der Waals surface area contributed by atoms with Crippen molar-refractivity contribution in [3.05, 3.63) is 93.4 Å². The number of nitrogens with one attached hydrogen (secondary N) is 4. The second-order valence-electron chi connectivity index (χ2n) is 19.8. The van der Waals surface area contributed by atoms with Gasteiger partial charge in [0, 0.05) is 47.4 Å². The number of amides is 2. The minimum Gasteiger partial charge on any atom is -0.508 e. The van der Waals surface area contributed by atoms with Gasteiger partial charge < -0.3 is 49.2 Å². The Balaban J connectivity index is 0.810. The van der Waals surface area contributed by atoms with Crippen LogP contribution in [0.4, 0.5) is 10.5 Å². The molecular weight excluding hydrogens is 1020 g/mol. The summed E-state index contributed by atoms with van der Waals surface area (Å²) in [5.74, 6) is -2.82. The largest absolute Gasteiger partial charge is 0.508 e. The van der Waals surface area contributed by atoms with Crippen LogP contribution >= 0.6 is 20.0 Å². The maximum absolute atomic E-state index is 14.6. The molecule has 9 rings (SSSR count). The quantitative estimate of drug-likeness (QED) is 0.0231. The Kier molecular flexibility index (Phi) is 15.2. The first-order valence-corrected chi connectivity index (χ1v) is 26.4. The van der Waals surface area contributed by atoms with Gasteiger partial charge in [0.15, 0.2) is 33.7 Å². The number of likely N-dealkylation sites (tertiary alicyclic amines) is 1. The number of carbonyl (C=O) groups excluding carboxylic acids is 2. The van der Waals surface area contributed by atoms with E-state index in [1.54, 1.807) is 63.5 Å². The van der Waals surface area contributed by atoms with E-state index in [0.29, 0.717) is 72.8 Å². The molecule has 2 aromatic heterocycles. The number of benzene rings is 3. The number of hydrogen-bond donors (Lipinski definition) is 6. The number of fused-ring (bicyclic) bond motifs is 4. The lowest BCUT2D eigenvalue weighted by molar-refractivity contribution is -0.199. The van der Waals surface area contributed by atoms with Crippen LogP contribution in [0.15, 0.2) is 81.3 Å². The first-order valence-electron chi connectivity index (χ1n) is 24.4. The Morgan fingerprint density at radius 3 is 2.53 bits per heavy atom. The lowest BCUT2D eigenvalue weighted by Gasteiger charge is -2.29. The molecule has 6 N–H and O–H groups in total. The van der Waals surface area contributed by atoms with Gasteiger partial charge in [-0.3, -0.25) is 38.0 Å². The van der Waals surface area contributed by atoms with E-state index >= 15 is 0 Å². The van der Waals surface area contributed by atoms with Crippen molar-refractivity contribution in [2.24, 2.45) is 0 Å². The monoisotopic (exact) mass is 1070 g/mol. The third kappa shape index (κ3) is 11.9. The summed E-state index contributed by atoms with van der Waals surface area (Å²) in [4.78, 5) is 76.7. The Bertz CT molecular complexity index is 3300. The van der Waals surface area contributed by atoms with E-state index in [9.17, 15) is 38.8 Å². The van der Waals surface area contributed by atoms with Crippen LogP contribution in [0.5, 0.6) is 5.75 Å². The maximum Gasteiger partial charge on any atom is 0.435 e. The van der Waals surface area contributed by atoms with Gasteiger partial charge in [-0.15, -0.1) is 0 Å². The molecule has 75 heavy (non-hydrogen) atoms. The van der Waals surface area contributed by atoms with Gasteiger partial charge in [0.05, 0.1) is 31.4 Å². The van der Waals surface area contributed by atoms with Crippen LogP contribution in [0.2, 0.25) is 0 Å². The zero-order valence-electron chi connectivity index (χ0n) is 41.7. The number of carboxylic acid groups (broad SMARTS) is 1. The van der Waals surface area contributed by atoms with E-state index in [1.807, 2.05) is 0 Å². The first-order chi connectivity index (χ1) is 35.7. The number of rotatable bonds is 17. The second kappa shape index (κ2) is 21.4. The fourth-order valence-corrected chi connectivity index (χ4v) is 11.0. The summed E-state index contributed by atoms with van der Waals surface area (Å²) >= 11 is 5.55. The van der Waals surface area contributed by atoms with Gasteiger partial charge in [-0.2, -0.15) is 0 Å². The molecule has 6 heterocycles. The smallest absolute Gasteiger partial charge is 0.435 e. The molecule has 398 valence electrons. The summed E-state index contributed by atoms with van der Waals surface area (Å²) in [6.45, 7) is 8.88. The predicted molar refractivity (Wildman–Crippen MR) is 275 cm³/mol. The average molecular weight is 1070 g/mol. The lowest BCUT2D eigenvalue weighted by atomic mass is 9.90. The number of carbonyl (C=O) groups is 3. The van der Waals surface area contributed by atoms with Crippen molar-refractivity contribution < 1.29 is 61.6 Å². The van der Waals surface area contributed by atoms with E-state index in [0.717, 1.165) is 0 Å². The molecule has 3 fully saturated rings. The molecule has 5 aliphatic rings. The fraction of sp³-hybridized carbons (Fsp3) is 0.440. The van der Waals surface area contributed by atoms with Crippen LogP contribution in [0, 0.1) is 0 Å². The molecule has 25 heteroatoms. The fourth-order valence-electron chi connectivity index (χ4n) is 9.44. The van der Waals surface area contributed by atoms with Gasteiger partial charge in [-0.1, -0.05) is 18.9 Å². The van der Waals surface area contributed by atoms with Crippen molar-refractivity contribution >= 4 is 70.9 Å². The Hall–Kier alpha value is -6.79. The van der Waals surface area contributed by atoms with E-state index in [-0.39, 0.29) is 64.1 Å². The van der Waals surface area contributed by atoms with Crippen LogP contribution in [-0.2, 0) is 37.4 Å². The van der Waals surface area contributed by atoms with Crippen molar-refractivity contribution in [3.8, 4) is 28.2 Å². The third-order valence-electron chi connectivity index (χ3n) is 12.7. The highest BCUT2D eigenvalue weighted by Gasteiger charge is 2.57. The number of aromatic carboxylic acids is 1. The van der Waals surface area contributed by atoms with Crippen LogP contribution in [0.25, 0.3) is 44.6 Å². The number of aromatic amines is 1. The molecule has 1 unspecified atom stereocenters. The molecule has 0 saturated carbocycles. The Labute approximate surface area is 434 Å². The number of unbranched alkanes of at least 4 members (excludes halogenated alkanes) is 3. The molecule has 0 bridgehead atoms. The number of aromatic nitrogens is 4. The number of H-pyrrole nitrogens is 1. The van der Waals surface area contributed by atoms with Crippen LogP contribution in [0.1, 0.15) is 89.7 Å². The molecule has 4 aromatic rings. The topological polar surface area (TPSA) is 297 Å². The average Bonchev–Trinajstić information content (AvgIpc) is 4.16. The summed E-state index contributed by atoms with van der Waals surface area (Å²) < 4.78 is 58.4. The first kappa shape index (κ1) is 53.1. The van der Waals surface area contributed by atoms with E-state index < -0.39 is 73.2 Å². The minimum atomic E-state index is -4.47. The van der Waals surface area contributed by atoms with Gasteiger partial charge in [-0.05, 0) is 114 Å². The van der Waals surface area contributed by atoms with Gasteiger partial charge in [-0.25, -0.2) is 24.1 Å². The normalized spacial score (nSPS) is 21.0. The number of imidazole rings is 1. The van der Waals surface area contributed by atoms with E-state index in [2.05, 4.69) is 30.7 Å². The Morgan fingerprint density at radius 2 is 1.75 bits per heavy atom. The highest BCUT2D eigenvalue weighted by molar-refractivity contribution is 7.80. The van der Waals surface area contributed by atoms with Gasteiger partial charge in [0.2, 0.25) is 0 Å². The number of ether oxygens (including phenoxy) is 4. The van der Waals surface area contributed by atoms with Crippen LogP contribution < -0.4 is 26.7 Å². The van der Waals surface area contributed by atoms with Crippen LogP contribution in [-0.4, -0.2) is 120 Å². The number of carboxylic acids is 1. The highest BCUT2D eigenvalue weighted by atomic mass is 32.1. The molecule has 2 aromatic carbocycles. The molecule has 23 nitrogen and oxygen atoms in total. The predicted octanol–water partition coefficient (Wildman–Crippen LogP) is 7.02. The van der Waals surface area contributed by atoms with Gasteiger partial charge in [0.1, 0.15) is 47.0 Å². The van der Waals surface area contributed by atoms with E-state index in [4.69, 9.17) is 44.6 Å². The molecule has 6 atom stereocenters. The standard InChI is InChI=1S/C50H57N8O15PS/c1-49(2,3)73-48(65)57-19-10-11-34(57)43(61)56-74(66,68-24-37-40-41(72-50(4,5)71-40)45(70-37)58-26-54-39-42(58)52-25-53-44(39)62)67-20-9-7-6-8-18-51-47(75)55-27-12-15-30(33(21-27)46(63)64)38-31-16-13-28(59)22-35(31)69-36-23-29(60)14-17-32(36)38/h12-17,21-23,25-26,34,37,40-41,45,59H,6-11,18-20,24H2,1-5H3,(H,63,64)(H2,51,55,75)(H,52,53,62)(H,56,61,66)/t34-,37+,40+,41+,45+,74?/m0/s1. The summed E-state index contributed by atoms with van der Waals surface area (Å²) in [7, 11) is -4.47. The zero-order chi connectivity index (χ0) is 53.4. The van der Waals surface area contributed by atoms with Crippen molar-refractivity contribution in [2.75, 3.05) is 31.6 Å². The summed E-state index contributed by atoms with van der Waals surface area (Å²) in [5, 5.41) is 30.0.